The Labute approximate surface area is 53.8 Å². The normalized spacial score (nSPS) is 47.8. The maximum Gasteiger partial charge on any atom is 0.101 e. The summed E-state index contributed by atoms with van der Waals surface area (Å²) < 4.78 is 0. The summed E-state index contributed by atoms with van der Waals surface area (Å²) in [7, 11) is 0. The van der Waals surface area contributed by atoms with E-state index in [1.807, 2.05) is 6.08 Å². The number of aliphatic hydroxyl groups excluding tert-OH is 2. The molecule has 0 saturated heterocycles. The molecule has 0 amide bonds. The first-order valence-electron chi connectivity index (χ1n) is 3.34. The Morgan fingerprint density at radius 1 is 1.44 bits per heavy atom. The summed E-state index contributed by atoms with van der Waals surface area (Å²) >= 11 is 0. The van der Waals surface area contributed by atoms with Crippen molar-refractivity contribution in [2.75, 3.05) is 0 Å². The zero-order chi connectivity index (χ0) is 6.43. The van der Waals surface area contributed by atoms with Gasteiger partial charge in [-0.3, -0.25) is 0 Å². The van der Waals surface area contributed by atoms with Crippen LogP contribution in [0.25, 0.3) is 0 Å². The van der Waals surface area contributed by atoms with Crippen LogP contribution in [0, 0.1) is 5.92 Å². The molecule has 2 nitrogen and oxygen atoms in total. The topological polar surface area (TPSA) is 40.5 Å². The molecule has 2 N–H and O–H groups in total. The average molecular weight is 126 g/mol. The first-order valence-corrected chi connectivity index (χ1v) is 3.34. The van der Waals surface area contributed by atoms with E-state index in [0.717, 1.165) is 18.4 Å². The zero-order valence-electron chi connectivity index (χ0n) is 5.12. The Balaban J connectivity index is 2.29. The number of hydrogen-bond acceptors (Lipinski definition) is 2. The van der Waals surface area contributed by atoms with Crippen LogP contribution in [0.5, 0.6) is 0 Å². The van der Waals surface area contributed by atoms with Gasteiger partial charge in [-0.05, 0) is 24.3 Å². The molecule has 0 aromatic rings. The fraction of sp³-hybridized carbons (Fsp3) is 0.714. The number of hydrogen-bond donors (Lipinski definition) is 2. The van der Waals surface area contributed by atoms with Crippen molar-refractivity contribution in [2.45, 2.75) is 25.0 Å². The van der Waals surface area contributed by atoms with E-state index in [1.165, 1.54) is 0 Å². The van der Waals surface area contributed by atoms with E-state index in [1.54, 1.807) is 0 Å². The van der Waals surface area contributed by atoms with E-state index in [9.17, 15) is 5.11 Å². The second-order valence-electron chi connectivity index (χ2n) is 2.91. The van der Waals surface area contributed by atoms with Crippen molar-refractivity contribution in [1.82, 2.24) is 0 Å². The van der Waals surface area contributed by atoms with E-state index < -0.39 is 12.2 Å². The molecule has 0 aromatic heterocycles. The molecule has 0 heterocycles. The molecule has 1 saturated carbocycles. The molecule has 0 unspecified atom stereocenters. The van der Waals surface area contributed by atoms with Crippen LogP contribution in [0.3, 0.4) is 0 Å². The zero-order valence-corrected chi connectivity index (χ0v) is 5.12. The third-order valence-electron chi connectivity index (χ3n) is 2.37. The standard InChI is InChI=1S/C7H10O2/c8-6-4-1-2-5(3-4)7(6)9/h1,5-9H,2-3H2/t5-,6-,7+/m0/s1. The number of rotatable bonds is 0. The van der Waals surface area contributed by atoms with Crippen molar-refractivity contribution in [2.24, 2.45) is 5.92 Å². The Morgan fingerprint density at radius 3 is 2.56 bits per heavy atom. The highest BCUT2D eigenvalue weighted by Gasteiger charge is 2.40. The van der Waals surface area contributed by atoms with Gasteiger partial charge < -0.3 is 10.2 Å². The van der Waals surface area contributed by atoms with Gasteiger partial charge in [-0.1, -0.05) is 6.08 Å². The first kappa shape index (κ1) is 5.45. The van der Waals surface area contributed by atoms with Crippen molar-refractivity contribution >= 4 is 0 Å². The van der Waals surface area contributed by atoms with Gasteiger partial charge in [0.25, 0.3) is 0 Å². The van der Waals surface area contributed by atoms with Gasteiger partial charge in [0.1, 0.15) is 6.10 Å². The van der Waals surface area contributed by atoms with E-state index in [0.29, 0.717) is 5.92 Å². The molecule has 2 bridgehead atoms. The quantitative estimate of drug-likeness (QED) is 0.450. The molecule has 2 aliphatic rings. The summed E-state index contributed by atoms with van der Waals surface area (Å²) in [5, 5.41) is 18.4. The lowest BCUT2D eigenvalue weighted by Gasteiger charge is -2.16. The molecule has 0 aliphatic heterocycles. The molecule has 1 fully saturated rings. The summed E-state index contributed by atoms with van der Waals surface area (Å²) in [4.78, 5) is 0. The van der Waals surface area contributed by atoms with Crippen LogP contribution in [0.15, 0.2) is 11.6 Å². The van der Waals surface area contributed by atoms with Crippen molar-refractivity contribution in [3.05, 3.63) is 11.6 Å². The van der Waals surface area contributed by atoms with Crippen LogP contribution < -0.4 is 0 Å². The second-order valence-corrected chi connectivity index (χ2v) is 2.91. The number of allylic oxidation sites excluding steroid dienone is 1. The summed E-state index contributed by atoms with van der Waals surface area (Å²) in [6.07, 6.45) is 2.92. The van der Waals surface area contributed by atoms with Crippen LogP contribution in [-0.4, -0.2) is 22.4 Å². The van der Waals surface area contributed by atoms with Gasteiger partial charge in [0.2, 0.25) is 0 Å². The van der Waals surface area contributed by atoms with Gasteiger partial charge in [0, 0.05) is 0 Å². The molecule has 0 radical (unpaired) electrons. The fourth-order valence-electron chi connectivity index (χ4n) is 1.75. The molecule has 9 heavy (non-hydrogen) atoms. The molecule has 2 rings (SSSR count). The Kier molecular flexibility index (Phi) is 0.957. The summed E-state index contributed by atoms with van der Waals surface area (Å²) in [6.45, 7) is 0. The van der Waals surface area contributed by atoms with Crippen LogP contribution in [0.2, 0.25) is 0 Å². The lowest BCUT2D eigenvalue weighted by molar-refractivity contribution is 0.0280. The van der Waals surface area contributed by atoms with Gasteiger partial charge in [-0.2, -0.15) is 0 Å². The highest BCUT2D eigenvalue weighted by molar-refractivity contribution is 5.24. The van der Waals surface area contributed by atoms with Crippen LogP contribution >= 0.6 is 0 Å². The second kappa shape index (κ2) is 1.58. The molecule has 0 spiro atoms. The molecule has 50 valence electrons. The van der Waals surface area contributed by atoms with Gasteiger partial charge >= 0.3 is 0 Å². The lowest BCUT2D eigenvalue weighted by Crippen LogP contribution is -2.27. The third kappa shape index (κ3) is 0.575. The highest BCUT2D eigenvalue weighted by atomic mass is 16.3. The van der Waals surface area contributed by atoms with Crippen molar-refractivity contribution < 1.29 is 10.2 Å². The van der Waals surface area contributed by atoms with Crippen molar-refractivity contribution in [3.8, 4) is 0 Å². The van der Waals surface area contributed by atoms with E-state index in [2.05, 4.69) is 0 Å². The summed E-state index contributed by atoms with van der Waals surface area (Å²) in [5.74, 6) is 0.329. The Hall–Kier alpha value is -0.340. The molecule has 2 aliphatic carbocycles. The van der Waals surface area contributed by atoms with Gasteiger partial charge in [-0.25, -0.2) is 0 Å². The minimum atomic E-state index is -0.538. The number of aliphatic hydroxyl groups is 2. The lowest BCUT2D eigenvalue weighted by atomic mass is 10.0. The molecule has 0 aromatic carbocycles. The number of fused-ring (bicyclic) bond motifs is 2. The van der Waals surface area contributed by atoms with Crippen molar-refractivity contribution in [3.63, 3.8) is 0 Å². The monoisotopic (exact) mass is 126 g/mol. The van der Waals surface area contributed by atoms with Gasteiger partial charge in [0.05, 0.1) is 6.10 Å². The Bertz CT molecular complexity index is 162. The van der Waals surface area contributed by atoms with Gasteiger partial charge in [0.15, 0.2) is 0 Å². The molecular formula is C7H10O2. The highest BCUT2D eigenvalue weighted by Crippen LogP contribution is 2.39. The smallest absolute Gasteiger partial charge is 0.101 e. The minimum Gasteiger partial charge on any atom is -0.390 e. The fourth-order valence-corrected chi connectivity index (χ4v) is 1.75. The van der Waals surface area contributed by atoms with E-state index in [-0.39, 0.29) is 0 Å². The first-order chi connectivity index (χ1) is 4.29. The molecule has 3 atom stereocenters. The van der Waals surface area contributed by atoms with E-state index >= 15 is 0 Å². The third-order valence-corrected chi connectivity index (χ3v) is 2.37. The SMILES string of the molecule is O[C@@H]1[C@H]2CC=C(C2)[C@@H]1O. The maximum absolute atomic E-state index is 9.20. The predicted octanol–water partition coefficient (Wildman–Crippen LogP) is 0.0582. The van der Waals surface area contributed by atoms with Crippen LogP contribution in [-0.2, 0) is 0 Å². The maximum atomic E-state index is 9.20. The van der Waals surface area contributed by atoms with Crippen LogP contribution in [0.4, 0.5) is 0 Å². The average Bonchev–Trinajstić information content (AvgIpc) is 2.37. The molecular weight excluding hydrogens is 116 g/mol. The summed E-state index contributed by atoms with van der Waals surface area (Å²) in [6, 6.07) is 0. The van der Waals surface area contributed by atoms with Gasteiger partial charge in [-0.15, -0.1) is 0 Å². The minimum absolute atomic E-state index is 0.329. The van der Waals surface area contributed by atoms with Crippen LogP contribution in [0.1, 0.15) is 12.8 Å². The van der Waals surface area contributed by atoms with E-state index in [4.69, 9.17) is 5.11 Å². The Morgan fingerprint density at radius 2 is 2.22 bits per heavy atom. The predicted molar refractivity (Wildman–Crippen MR) is 32.8 cm³/mol. The van der Waals surface area contributed by atoms with Crippen molar-refractivity contribution in [1.29, 1.82) is 0 Å². The molecule has 2 heteroatoms. The summed E-state index contributed by atoms with van der Waals surface area (Å²) in [5.41, 5.74) is 1.05. The largest absolute Gasteiger partial charge is 0.390 e.